The first-order chi connectivity index (χ1) is 20.6. The lowest BCUT2D eigenvalue weighted by Crippen LogP contribution is -2.56. The molecule has 4 rings (SSSR count). The molecule has 0 bridgehead atoms. The van der Waals surface area contributed by atoms with E-state index in [1.807, 2.05) is 44.2 Å². The van der Waals surface area contributed by atoms with Gasteiger partial charge >= 0.3 is 0 Å². The molecule has 1 aliphatic carbocycles. The highest BCUT2D eigenvalue weighted by atomic mass is 16.5. The zero-order valence-electron chi connectivity index (χ0n) is 25.5. The molecule has 9 heteroatoms. The lowest BCUT2D eigenvalue weighted by Gasteiger charge is -2.44. The molecule has 1 aliphatic rings. The fraction of sp³-hybridized carbons (Fsp3) is 0.382. The maximum atomic E-state index is 14.2. The molecule has 0 spiro atoms. The summed E-state index contributed by atoms with van der Waals surface area (Å²) >= 11 is 0. The highest BCUT2D eigenvalue weighted by Gasteiger charge is 2.56. The normalized spacial score (nSPS) is 21.6. The van der Waals surface area contributed by atoms with E-state index < -0.39 is 41.0 Å². The largest absolute Gasteiger partial charge is 0.493 e. The molecule has 3 aromatic carbocycles. The highest BCUT2D eigenvalue weighted by molar-refractivity contribution is 6.10. The van der Waals surface area contributed by atoms with Gasteiger partial charge in [-0.25, -0.2) is 0 Å². The summed E-state index contributed by atoms with van der Waals surface area (Å²) < 4.78 is 16.7. The summed E-state index contributed by atoms with van der Waals surface area (Å²) in [6, 6.07) is 18.0. The third kappa shape index (κ3) is 6.37. The zero-order chi connectivity index (χ0) is 31.3. The second-order valence-corrected chi connectivity index (χ2v) is 10.9. The van der Waals surface area contributed by atoms with Crippen molar-refractivity contribution in [2.45, 2.75) is 51.6 Å². The molecule has 0 radical (unpaired) electrons. The number of benzene rings is 3. The number of Topliss-reactive ketones (excluding diaryl/α,β-unsaturated/α-hetero) is 1. The first-order valence-corrected chi connectivity index (χ1v) is 14.4. The average molecular weight is 589 g/mol. The van der Waals surface area contributed by atoms with E-state index in [-0.39, 0.29) is 6.42 Å². The Labute approximate surface area is 252 Å². The van der Waals surface area contributed by atoms with Crippen LogP contribution in [0.4, 0.5) is 11.4 Å². The molecule has 9 nitrogen and oxygen atoms in total. The van der Waals surface area contributed by atoms with Crippen LogP contribution in [0.2, 0.25) is 0 Å². The summed E-state index contributed by atoms with van der Waals surface area (Å²) in [7, 11) is 4.39. The number of ether oxygens (including phenoxy) is 3. The smallest absolute Gasteiger partial charge is 0.235 e. The Morgan fingerprint density at radius 2 is 1.33 bits per heavy atom. The molecule has 1 fully saturated rings. The van der Waals surface area contributed by atoms with Gasteiger partial charge in [-0.15, -0.1) is 0 Å². The Hall–Kier alpha value is -4.37. The predicted octanol–water partition coefficient (Wildman–Crippen LogP) is 5.15. The number of anilines is 2. The highest BCUT2D eigenvalue weighted by Crippen LogP contribution is 2.50. The van der Waals surface area contributed by atoms with E-state index in [1.54, 1.807) is 30.3 Å². The number of nitrogens with one attached hydrogen (secondary N) is 2. The summed E-state index contributed by atoms with van der Waals surface area (Å²) in [6.07, 6.45) is 0.963. The number of amides is 2. The van der Waals surface area contributed by atoms with E-state index in [0.717, 1.165) is 11.1 Å². The minimum Gasteiger partial charge on any atom is -0.493 e. The number of aliphatic hydroxyl groups is 1. The van der Waals surface area contributed by atoms with Crippen LogP contribution in [0.1, 0.15) is 49.8 Å². The van der Waals surface area contributed by atoms with Gasteiger partial charge in [0.2, 0.25) is 17.6 Å². The number of ketones is 1. The van der Waals surface area contributed by atoms with Crippen molar-refractivity contribution in [2.75, 3.05) is 32.0 Å². The second kappa shape index (κ2) is 13.3. The Balaban J connectivity index is 1.89. The first-order valence-electron chi connectivity index (χ1n) is 14.4. The quantitative estimate of drug-likeness (QED) is 0.280. The molecule has 0 heterocycles. The van der Waals surface area contributed by atoms with Crippen LogP contribution in [-0.4, -0.2) is 49.6 Å². The summed E-state index contributed by atoms with van der Waals surface area (Å²) in [5.74, 6) is -4.23. The van der Waals surface area contributed by atoms with Crippen LogP contribution >= 0.6 is 0 Å². The Morgan fingerprint density at radius 1 is 0.837 bits per heavy atom. The summed E-state index contributed by atoms with van der Waals surface area (Å²) in [4.78, 5) is 42.1. The molecule has 43 heavy (non-hydrogen) atoms. The third-order valence-corrected chi connectivity index (χ3v) is 8.22. The van der Waals surface area contributed by atoms with Crippen LogP contribution in [-0.2, 0) is 27.2 Å². The van der Waals surface area contributed by atoms with Gasteiger partial charge in [-0.1, -0.05) is 50.2 Å². The van der Waals surface area contributed by atoms with Gasteiger partial charge in [-0.05, 0) is 60.7 Å². The number of carbonyl (C=O) groups is 3. The fourth-order valence-electron chi connectivity index (χ4n) is 6.11. The Kier molecular flexibility index (Phi) is 9.76. The standard InChI is InChI=1S/C34H40N2O7/c1-7-20-13-9-11-15-23(20)35-32(38)29-25(37)19-34(3,40)30(33(39)36-24-16-12-10-14-21(24)8-2)28(29)22-17-26(41-4)31(43-6)27(18-22)42-5/h9-18,28-30,40H,7-8,19H2,1-6H3,(H,35,38)(H,36,39). The Bertz CT molecular complexity index is 1470. The van der Waals surface area contributed by atoms with E-state index in [1.165, 1.54) is 28.3 Å². The van der Waals surface area contributed by atoms with Crippen molar-refractivity contribution < 1.29 is 33.7 Å². The van der Waals surface area contributed by atoms with Gasteiger partial charge in [0.25, 0.3) is 0 Å². The van der Waals surface area contributed by atoms with Gasteiger partial charge < -0.3 is 30.0 Å². The molecule has 1 saturated carbocycles. The monoisotopic (exact) mass is 588 g/mol. The number of hydrogen-bond donors (Lipinski definition) is 3. The van der Waals surface area contributed by atoms with E-state index in [0.29, 0.717) is 47.0 Å². The van der Waals surface area contributed by atoms with E-state index in [9.17, 15) is 19.5 Å². The third-order valence-electron chi connectivity index (χ3n) is 8.22. The SMILES string of the molecule is CCc1ccccc1NC(=O)C1C(=O)CC(C)(O)C(C(=O)Nc2ccccc2CC)C1c1cc(OC)c(OC)c(OC)c1. The zero-order valence-corrected chi connectivity index (χ0v) is 25.5. The van der Waals surface area contributed by atoms with Gasteiger partial charge in [-0.2, -0.15) is 0 Å². The van der Waals surface area contributed by atoms with Crippen molar-refractivity contribution in [2.24, 2.45) is 11.8 Å². The van der Waals surface area contributed by atoms with E-state index >= 15 is 0 Å². The van der Waals surface area contributed by atoms with E-state index in [4.69, 9.17) is 14.2 Å². The fourth-order valence-corrected chi connectivity index (χ4v) is 6.11. The van der Waals surface area contributed by atoms with Crippen LogP contribution in [0.15, 0.2) is 60.7 Å². The van der Waals surface area contributed by atoms with Crippen molar-refractivity contribution in [1.29, 1.82) is 0 Å². The van der Waals surface area contributed by atoms with Crippen LogP contribution in [0.25, 0.3) is 0 Å². The Morgan fingerprint density at radius 3 is 1.79 bits per heavy atom. The van der Waals surface area contributed by atoms with E-state index in [2.05, 4.69) is 10.6 Å². The van der Waals surface area contributed by atoms with Crippen LogP contribution < -0.4 is 24.8 Å². The predicted molar refractivity (Wildman–Crippen MR) is 165 cm³/mol. The lowest BCUT2D eigenvalue weighted by atomic mass is 9.61. The second-order valence-electron chi connectivity index (χ2n) is 10.9. The van der Waals surface area contributed by atoms with Crippen molar-refractivity contribution in [1.82, 2.24) is 0 Å². The summed E-state index contributed by atoms with van der Waals surface area (Å²) in [5.41, 5.74) is 1.64. The van der Waals surface area contributed by atoms with Crippen LogP contribution in [0.5, 0.6) is 17.2 Å². The van der Waals surface area contributed by atoms with Crippen LogP contribution in [0.3, 0.4) is 0 Å². The molecule has 2 amide bonds. The number of hydrogen-bond acceptors (Lipinski definition) is 7. The molecular weight excluding hydrogens is 548 g/mol. The number of methoxy groups -OCH3 is 3. The first kappa shape index (κ1) is 31.6. The topological polar surface area (TPSA) is 123 Å². The molecule has 4 atom stereocenters. The summed E-state index contributed by atoms with van der Waals surface area (Å²) in [6.45, 7) is 5.42. The molecular formula is C34H40N2O7. The maximum Gasteiger partial charge on any atom is 0.235 e. The summed E-state index contributed by atoms with van der Waals surface area (Å²) in [5, 5.41) is 17.7. The minimum absolute atomic E-state index is 0.292. The number of aryl methyl sites for hydroxylation is 2. The molecule has 228 valence electrons. The molecule has 4 unspecified atom stereocenters. The lowest BCUT2D eigenvalue weighted by molar-refractivity contribution is -0.150. The minimum atomic E-state index is -1.77. The molecule has 3 N–H and O–H groups in total. The van der Waals surface area contributed by atoms with Gasteiger partial charge in [0, 0.05) is 23.7 Å². The molecule has 0 saturated heterocycles. The number of carbonyl (C=O) groups excluding carboxylic acids is 3. The molecule has 0 aliphatic heterocycles. The van der Waals surface area contributed by atoms with Gasteiger partial charge in [-0.3, -0.25) is 14.4 Å². The average Bonchev–Trinajstić information content (AvgIpc) is 2.99. The maximum absolute atomic E-state index is 14.2. The van der Waals surface area contributed by atoms with Crippen LogP contribution in [0, 0.1) is 11.8 Å². The van der Waals surface area contributed by atoms with Crippen molar-refractivity contribution in [3.05, 3.63) is 77.4 Å². The van der Waals surface area contributed by atoms with Gasteiger partial charge in [0.05, 0.1) is 32.8 Å². The number of para-hydroxylation sites is 2. The van der Waals surface area contributed by atoms with Crippen molar-refractivity contribution in [3.63, 3.8) is 0 Å². The van der Waals surface area contributed by atoms with Crippen molar-refractivity contribution in [3.8, 4) is 17.2 Å². The molecule has 3 aromatic rings. The number of rotatable bonds is 10. The van der Waals surface area contributed by atoms with Gasteiger partial charge in [0.1, 0.15) is 11.7 Å². The van der Waals surface area contributed by atoms with Crippen molar-refractivity contribution >= 4 is 29.0 Å². The molecule has 0 aromatic heterocycles. The van der Waals surface area contributed by atoms with Gasteiger partial charge in [0.15, 0.2) is 11.5 Å².